The molecule has 30 heavy (non-hydrogen) atoms. The third kappa shape index (κ3) is 4.18. The molecule has 0 amide bonds. The van der Waals surface area contributed by atoms with Gasteiger partial charge in [0.2, 0.25) is 0 Å². The second-order valence-corrected chi connectivity index (χ2v) is 12.4. The van der Waals surface area contributed by atoms with Crippen LogP contribution in [0.1, 0.15) is 25.0 Å². The monoisotopic (exact) mass is 433 g/mol. The van der Waals surface area contributed by atoms with Crippen molar-refractivity contribution in [3.63, 3.8) is 0 Å². The van der Waals surface area contributed by atoms with E-state index in [1.807, 2.05) is 38.2 Å². The quantitative estimate of drug-likeness (QED) is 0.653. The maximum Gasteiger partial charge on any atom is 0.297 e. The Hall–Kier alpha value is -2.13. The minimum Gasteiger partial charge on any atom is -0.491 e. The number of aliphatic hydroxyl groups is 1. The molecule has 2 N–H and O–H groups in total. The molecule has 0 fully saturated rings. The predicted molar refractivity (Wildman–Crippen MR) is 117 cm³/mol. The fourth-order valence-electron chi connectivity index (χ4n) is 4.41. The highest BCUT2D eigenvalue weighted by Gasteiger charge is 2.46. The van der Waals surface area contributed by atoms with Crippen LogP contribution in [0.3, 0.4) is 0 Å². The summed E-state index contributed by atoms with van der Waals surface area (Å²) in [4.78, 5) is 23.5. The van der Waals surface area contributed by atoms with Gasteiger partial charge in [-0.05, 0) is 49.8 Å². The Morgan fingerprint density at radius 2 is 2.00 bits per heavy atom. The number of hydrogen-bond donors (Lipinski definition) is 2. The third-order valence-corrected chi connectivity index (χ3v) is 8.40. The van der Waals surface area contributed by atoms with Crippen molar-refractivity contribution in [2.75, 3.05) is 20.8 Å². The SMILES string of the molecule is COc1cccn(-c2ccc3c(c2)[C@@H](OC)[C@H](C)[C@@H](C(CCO)[Si](C)(C)O)O3)c1=O. The Morgan fingerprint density at radius 1 is 1.27 bits per heavy atom. The zero-order valence-corrected chi connectivity index (χ0v) is 19.2. The topological polar surface area (TPSA) is 90.2 Å². The number of fused-ring (bicyclic) bond motifs is 1. The van der Waals surface area contributed by atoms with E-state index >= 15 is 0 Å². The van der Waals surface area contributed by atoms with Crippen LogP contribution in [0, 0.1) is 5.92 Å². The first-order chi connectivity index (χ1) is 14.2. The van der Waals surface area contributed by atoms with Crippen molar-refractivity contribution in [1.82, 2.24) is 4.57 Å². The van der Waals surface area contributed by atoms with Crippen LogP contribution in [0.2, 0.25) is 18.6 Å². The van der Waals surface area contributed by atoms with Gasteiger partial charge in [0, 0.05) is 42.6 Å². The molecule has 2 heterocycles. The second kappa shape index (κ2) is 8.93. The van der Waals surface area contributed by atoms with Crippen LogP contribution in [0.5, 0.6) is 11.5 Å². The summed E-state index contributed by atoms with van der Waals surface area (Å²) in [5, 5.41) is 9.55. The molecule has 4 atom stereocenters. The first kappa shape index (κ1) is 22.5. The van der Waals surface area contributed by atoms with Gasteiger partial charge < -0.3 is 24.1 Å². The smallest absolute Gasteiger partial charge is 0.297 e. The molecule has 0 bridgehead atoms. The molecule has 7 nitrogen and oxygen atoms in total. The van der Waals surface area contributed by atoms with Crippen LogP contribution >= 0.6 is 0 Å². The van der Waals surface area contributed by atoms with Crippen LogP contribution in [0.25, 0.3) is 5.69 Å². The number of pyridine rings is 1. The highest BCUT2D eigenvalue weighted by atomic mass is 28.4. The van der Waals surface area contributed by atoms with E-state index in [9.17, 15) is 14.7 Å². The molecule has 2 aromatic rings. The number of ether oxygens (including phenoxy) is 3. The fourth-order valence-corrected chi connectivity index (χ4v) is 6.42. The summed E-state index contributed by atoms with van der Waals surface area (Å²) in [6, 6.07) is 8.95. The molecule has 164 valence electrons. The maximum atomic E-state index is 12.6. The first-order valence-corrected chi connectivity index (χ1v) is 13.2. The Morgan fingerprint density at radius 3 is 2.60 bits per heavy atom. The van der Waals surface area contributed by atoms with Gasteiger partial charge in [-0.3, -0.25) is 9.36 Å². The van der Waals surface area contributed by atoms with E-state index in [0.29, 0.717) is 17.9 Å². The normalized spacial score (nSPS) is 22.2. The van der Waals surface area contributed by atoms with Crippen molar-refractivity contribution < 1.29 is 24.1 Å². The van der Waals surface area contributed by atoms with E-state index < -0.39 is 8.32 Å². The van der Waals surface area contributed by atoms with Crippen molar-refractivity contribution in [1.29, 1.82) is 0 Å². The van der Waals surface area contributed by atoms with Gasteiger partial charge in [-0.1, -0.05) is 6.92 Å². The Bertz CT molecular complexity index is 938. The molecule has 0 saturated carbocycles. The number of rotatable bonds is 7. The van der Waals surface area contributed by atoms with E-state index in [1.54, 1.807) is 25.4 Å². The highest BCUT2D eigenvalue weighted by Crippen LogP contribution is 2.46. The molecule has 1 aromatic carbocycles. The lowest BCUT2D eigenvalue weighted by molar-refractivity contribution is -0.0256. The fraction of sp³-hybridized carbons (Fsp3) is 0.500. The van der Waals surface area contributed by atoms with Crippen LogP contribution in [-0.4, -0.2) is 49.7 Å². The Labute approximate surface area is 178 Å². The lowest BCUT2D eigenvalue weighted by Crippen LogP contribution is -2.48. The molecular weight excluding hydrogens is 402 g/mol. The Balaban J connectivity index is 2.05. The molecule has 0 saturated heterocycles. The number of aliphatic hydroxyl groups excluding tert-OH is 1. The highest BCUT2D eigenvalue weighted by molar-refractivity contribution is 6.71. The lowest BCUT2D eigenvalue weighted by atomic mass is 9.86. The maximum absolute atomic E-state index is 12.6. The first-order valence-electron chi connectivity index (χ1n) is 10.2. The van der Waals surface area contributed by atoms with Crippen molar-refractivity contribution in [2.24, 2.45) is 5.92 Å². The number of methoxy groups -OCH3 is 2. The summed E-state index contributed by atoms with van der Waals surface area (Å²) < 4.78 is 18.9. The number of benzene rings is 1. The molecule has 1 aliphatic rings. The average Bonchev–Trinajstić information content (AvgIpc) is 2.71. The molecule has 1 aliphatic heterocycles. The minimum atomic E-state index is -2.58. The largest absolute Gasteiger partial charge is 0.491 e. The van der Waals surface area contributed by atoms with Gasteiger partial charge in [-0.15, -0.1) is 0 Å². The number of hydrogen-bond acceptors (Lipinski definition) is 6. The van der Waals surface area contributed by atoms with Gasteiger partial charge in [0.15, 0.2) is 14.1 Å². The minimum absolute atomic E-state index is 0.00353. The predicted octanol–water partition coefficient (Wildman–Crippen LogP) is 2.88. The van der Waals surface area contributed by atoms with E-state index in [0.717, 1.165) is 5.56 Å². The standard InChI is InChI=1S/C22H31NO6Si/c1-14-20(28-3)16-13-15(23-11-6-7-18(27-2)22(23)25)8-9-17(16)29-21(14)19(10-12-24)30(4,5)26/h6-9,11,13-14,19-21,24,26H,10,12H2,1-5H3/t14-,19?,20-,21-/m0/s1. The lowest BCUT2D eigenvalue weighted by Gasteiger charge is -2.43. The van der Waals surface area contributed by atoms with Crippen molar-refractivity contribution >= 4 is 8.32 Å². The van der Waals surface area contributed by atoms with E-state index in [1.165, 1.54) is 11.7 Å². The Kier molecular flexibility index (Phi) is 6.71. The molecule has 0 radical (unpaired) electrons. The van der Waals surface area contributed by atoms with Gasteiger partial charge in [-0.2, -0.15) is 0 Å². The number of aromatic nitrogens is 1. The average molecular weight is 434 g/mol. The van der Waals surface area contributed by atoms with Gasteiger partial charge in [0.25, 0.3) is 5.56 Å². The molecule has 3 rings (SSSR count). The van der Waals surface area contributed by atoms with E-state index in [4.69, 9.17) is 14.2 Å². The summed E-state index contributed by atoms with van der Waals surface area (Å²) in [5.74, 6) is 0.895. The zero-order chi connectivity index (χ0) is 22.1. The van der Waals surface area contributed by atoms with Gasteiger partial charge >= 0.3 is 0 Å². The summed E-state index contributed by atoms with van der Waals surface area (Å²) >= 11 is 0. The molecule has 1 unspecified atom stereocenters. The third-order valence-electron chi connectivity index (χ3n) is 5.97. The van der Waals surface area contributed by atoms with Crippen LogP contribution in [0.15, 0.2) is 41.3 Å². The van der Waals surface area contributed by atoms with Crippen molar-refractivity contribution in [2.45, 2.75) is 44.2 Å². The van der Waals surface area contributed by atoms with Crippen LogP contribution < -0.4 is 15.0 Å². The number of nitrogens with zero attached hydrogens (tertiary/aromatic N) is 1. The van der Waals surface area contributed by atoms with Crippen LogP contribution in [-0.2, 0) is 4.74 Å². The summed E-state index contributed by atoms with van der Waals surface area (Å²) in [5.41, 5.74) is 1.17. The zero-order valence-electron chi connectivity index (χ0n) is 18.2. The molecule has 8 heteroatoms. The second-order valence-electron chi connectivity index (χ2n) is 8.34. The summed E-state index contributed by atoms with van der Waals surface area (Å²) in [6.45, 7) is 5.78. The van der Waals surface area contributed by atoms with Gasteiger partial charge in [0.1, 0.15) is 11.9 Å². The van der Waals surface area contributed by atoms with E-state index in [-0.39, 0.29) is 41.6 Å². The van der Waals surface area contributed by atoms with E-state index in [2.05, 4.69) is 0 Å². The van der Waals surface area contributed by atoms with Gasteiger partial charge in [0.05, 0.1) is 13.2 Å². The van der Waals surface area contributed by atoms with Crippen LogP contribution in [0.4, 0.5) is 0 Å². The molecule has 1 aromatic heterocycles. The summed E-state index contributed by atoms with van der Waals surface area (Å²) in [6.07, 6.45) is 1.64. The molecular formula is C22H31NO6Si. The van der Waals surface area contributed by atoms with Gasteiger partial charge in [-0.25, -0.2) is 0 Å². The molecule has 0 spiro atoms. The molecule has 0 aliphatic carbocycles. The van der Waals surface area contributed by atoms with Crippen molar-refractivity contribution in [3.8, 4) is 17.2 Å². The summed E-state index contributed by atoms with van der Waals surface area (Å²) in [7, 11) is 0.543. The van der Waals surface area contributed by atoms with Crippen molar-refractivity contribution in [3.05, 3.63) is 52.4 Å².